The molecule has 1 amide bonds. The number of nitrogens with one attached hydrogen (secondary N) is 1. The Balaban J connectivity index is 1.44. The minimum atomic E-state index is -0.0258. The highest BCUT2D eigenvalue weighted by molar-refractivity contribution is 5.78. The number of aromatic nitrogens is 2. The van der Waals surface area contributed by atoms with E-state index in [9.17, 15) is 4.79 Å². The monoisotopic (exact) mass is 346 g/mol. The zero-order valence-corrected chi connectivity index (χ0v) is 14.8. The Morgan fingerprint density at radius 3 is 3.08 bits per heavy atom. The average Bonchev–Trinajstić information content (AvgIpc) is 3.35. The van der Waals surface area contributed by atoms with Crippen LogP contribution >= 0.6 is 0 Å². The first-order valence-corrected chi connectivity index (χ1v) is 9.04. The van der Waals surface area contributed by atoms with Gasteiger partial charge in [0.25, 0.3) is 0 Å². The Morgan fingerprint density at radius 1 is 1.48 bits per heavy atom. The second-order valence-electron chi connectivity index (χ2n) is 7.03. The summed E-state index contributed by atoms with van der Waals surface area (Å²) < 4.78 is 5.33. The van der Waals surface area contributed by atoms with Crippen molar-refractivity contribution >= 4 is 5.91 Å². The van der Waals surface area contributed by atoms with E-state index in [1.165, 1.54) is 0 Å². The van der Waals surface area contributed by atoms with Gasteiger partial charge in [0.1, 0.15) is 0 Å². The lowest BCUT2D eigenvalue weighted by atomic mass is 10.0. The van der Waals surface area contributed by atoms with E-state index in [2.05, 4.69) is 25.3 Å². The minimum absolute atomic E-state index is 0.0258. The molecule has 2 aliphatic rings. The van der Waals surface area contributed by atoms with Gasteiger partial charge in [-0.25, -0.2) is 0 Å². The molecule has 1 aliphatic carbocycles. The molecule has 3 rings (SSSR count). The van der Waals surface area contributed by atoms with E-state index in [1.807, 2.05) is 13.1 Å². The molecule has 0 radical (unpaired) electrons. The molecule has 1 atom stereocenters. The van der Waals surface area contributed by atoms with Crippen LogP contribution in [0.5, 0.6) is 0 Å². The number of nitrogens with zero attached hydrogens (tertiary/aromatic N) is 5. The van der Waals surface area contributed by atoms with E-state index in [-0.39, 0.29) is 5.91 Å². The number of nitriles is 1. The number of likely N-dealkylation sites (N-methyl/N-ethyl adjacent to an activating group) is 1. The van der Waals surface area contributed by atoms with Crippen LogP contribution in [0.25, 0.3) is 0 Å². The molecule has 1 aromatic rings. The van der Waals surface area contributed by atoms with Gasteiger partial charge in [0, 0.05) is 25.0 Å². The van der Waals surface area contributed by atoms with Crippen molar-refractivity contribution in [3.8, 4) is 6.07 Å². The van der Waals surface area contributed by atoms with Gasteiger partial charge in [-0.1, -0.05) is 5.16 Å². The SMILES string of the molecule is CN(CC(=O)NCCC#N)C1CCCN(Cc2noc(C3CC3)n2)C1. The first kappa shape index (κ1) is 17.8. The van der Waals surface area contributed by atoms with Gasteiger partial charge in [-0.3, -0.25) is 14.6 Å². The average molecular weight is 346 g/mol. The van der Waals surface area contributed by atoms with Crippen molar-refractivity contribution in [3.63, 3.8) is 0 Å². The molecule has 136 valence electrons. The van der Waals surface area contributed by atoms with E-state index in [1.54, 1.807) is 0 Å². The maximum Gasteiger partial charge on any atom is 0.234 e. The number of carbonyl (C=O) groups is 1. The topological polar surface area (TPSA) is 98.3 Å². The Bertz CT molecular complexity index is 621. The van der Waals surface area contributed by atoms with E-state index < -0.39 is 0 Å². The molecule has 25 heavy (non-hydrogen) atoms. The third-order valence-electron chi connectivity index (χ3n) is 4.83. The third kappa shape index (κ3) is 5.25. The largest absolute Gasteiger partial charge is 0.354 e. The number of hydrogen-bond donors (Lipinski definition) is 1. The van der Waals surface area contributed by atoms with E-state index in [4.69, 9.17) is 9.78 Å². The second kappa shape index (κ2) is 8.41. The zero-order chi connectivity index (χ0) is 17.6. The van der Waals surface area contributed by atoms with Gasteiger partial charge < -0.3 is 9.84 Å². The Morgan fingerprint density at radius 2 is 2.32 bits per heavy atom. The number of piperidine rings is 1. The van der Waals surface area contributed by atoms with Crippen LogP contribution < -0.4 is 5.32 Å². The van der Waals surface area contributed by atoms with Crippen LogP contribution in [-0.4, -0.2) is 65.1 Å². The van der Waals surface area contributed by atoms with Crippen molar-refractivity contribution in [3.05, 3.63) is 11.7 Å². The maximum absolute atomic E-state index is 11.9. The van der Waals surface area contributed by atoms with Gasteiger partial charge in [-0.2, -0.15) is 10.2 Å². The fourth-order valence-electron chi connectivity index (χ4n) is 3.23. The Kier molecular flexibility index (Phi) is 6.00. The van der Waals surface area contributed by atoms with Crippen LogP contribution in [0.1, 0.15) is 49.7 Å². The normalized spacial score (nSPS) is 21.2. The molecule has 2 heterocycles. The molecular formula is C17H26N6O2. The summed E-state index contributed by atoms with van der Waals surface area (Å²) in [6.07, 6.45) is 4.85. The summed E-state index contributed by atoms with van der Waals surface area (Å²) in [5.41, 5.74) is 0. The number of likely N-dealkylation sites (tertiary alicyclic amines) is 1. The molecule has 1 saturated heterocycles. The predicted molar refractivity (Wildman–Crippen MR) is 90.4 cm³/mol. The summed E-state index contributed by atoms with van der Waals surface area (Å²) in [7, 11) is 1.98. The molecule has 1 saturated carbocycles. The summed E-state index contributed by atoms with van der Waals surface area (Å²) in [6, 6.07) is 2.36. The summed E-state index contributed by atoms with van der Waals surface area (Å²) in [5.74, 6) is 2.01. The van der Waals surface area contributed by atoms with Crippen LogP contribution in [0, 0.1) is 11.3 Å². The van der Waals surface area contributed by atoms with E-state index in [0.29, 0.717) is 38.0 Å². The standard InChI is InChI=1S/C17H26N6O2/c1-22(12-16(24)19-8-3-7-18)14-4-2-9-23(10-14)11-15-20-17(25-21-15)13-5-6-13/h13-14H,2-6,8-12H2,1H3,(H,19,24). The van der Waals surface area contributed by atoms with Crippen LogP contribution in [0.2, 0.25) is 0 Å². The first-order chi connectivity index (χ1) is 12.2. The fraction of sp³-hybridized carbons (Fsp3) is 0.765. The molecule has 0 bridgehead atoms. The predicted octanol–water partition coefficient (Wildman–Crippen LogP) is 0.873. The van der Waals surface area contributed by atoms with Gasteiger partial charge in [0.2, 0.25) is 11.8 Å². The fourth-order valence-corrected chi connectivity index (χ4v) is 3.23. The molecule has 1 aromatic heterocycles. The highest BCUT2D eigenvalue weighted by Crippen LogP contribution is 2.38. The van der Waals surface area contributed by atoms with Crippen LogP contribution in [0.15, 0.2) is 4.52 Å². The zero-order valence-electron chi connectivity index (χ0n) is 14.8. The quantitative estimate of drug-likeness (QED) is 0.697. The highest BCUT2D eigenvalue weighted by Gasteiger charge is 2.30. The molecular weight excluding hydrogens is 320 g/mol. The lowest BCUT2D eigenvalue weighted by Crippen LogP contribution is -2.49. The minimum Gasteiger partial charge on any atom is -0.354 e. The van der Waals surface area contributed by atoms with Gasteiger partial charge in [0.15, 0.2) is 5.82 Å². The lowest BCUT2D eigenvalue weighted by molar-refractivity contribution is -0.122. The highest BCUT2D eigenvalue weighted by atomic mass is 16.5. The van der Waals surface area contributed by atoms with Crippen LogP contribution in [-0.2, 0) is 11.3 Å². The molecule has 0 spiro atoms. The molecule has 8 nitrogen and oxygen atoms in total. The van der Waals surface area contributed by atoms with Crippen LogP contribution in [0.4, 0.5) is 0 Å². The lowest BCUT2D eigenvalue weighted by Gasteiger charge is -2.36. The van der Waals surface area contributed by atoms with Crippen molar-refractivity contribution in [2.45, 2.75) is 50.6 Å². The van der Waals surface area contributed by atoms with Gasteiger partial charge in [-0.15, -0.1) is 0 Å². The van der Waals surface area contributed by atoms with E-state index >= 15 is 0 Å². The Hall–Kier alpha value is -1.98. The van der Waals surface area contributed by atoms with Crippen molar-refractivity contribution in [2.24, 2.45) is 0 Å². The van der Waals surface area contributed by atoms with Crippen molar-refractivity contribution in [2.75, 3.05) is 33.2 Å². The molecule has 0 aromatic carbocycles. The molecule has 1 unspecified atom stereocenters. The molecule has 1 aliphatic heterocycles. The van der Waals surface area contributed by atoms with Crippen molar-refractivity contribution in [1.82, 2.24) is 25.3 Å². The molecule has 8 heteroatoms. The number of carbonyl (C=O) groups excluding carboxylic acids is 1. The molecule has 1 N–H and O–H groups in total. The number of rotatable bonds is 8. The number of hydrogen-bond acceptors (Lipinski definition) is 7. The summed E-state index contributed by atoms with van der Waals surface area (Å²) >= 11 is 0. The second-order valence-corrected chi connectivity index (χ2v) is 7.03. The summed E-state index contributed by atoms with van der Waals surface area (Å²) in [4.78, 5) is 20.8. The van der Waals surface area contributed by atoms with Gasteiger partial charge >= 0.3 is 0 Å². The smallest absolute Gasteiger partial charge is 0.234 e. The van der Waals surface area contributed by atoms with E-state index in [0.717, 1.165) is 50.5 Å². The maximum atomic E-state index is 11.9. The number of amides is 1. The Labute approximate surface area is 148 Å². The van der Waals surface area contributed by atoms with Crippen molar-refractivity contribution in [1.29, 1.82) is 5.26 Å². The van der Waals surface area contributed by atoms with Crippen molar-refractivity contribution < 1.29 is 9.32 Å². The van der Waals surface area contributed by atoms with Gasteiger partial charge in [0.05, 0.1) is 25.6 Å². The van der Waals surface area contributed by atoms with Gasteiger partial charge in [-0.05, 0) is 39.3 Å². The summed E-state index contributed by atoms with van der Waals surface area (Å²) in [6.45, 7) is 3.40. The van der Waals surface area contributed by atoms with Crippen LogP contribution in [0.3, 0.4) is 0 Å². The first-order valence-electron chi connectivity index (χ1n) is 9.04. The molecule has 2 fully saturated rings. The third-order valence-corrected chi connectivity index (χ3v) is 4.83. The summed E-state index contributed by atoms with van der Waals surface area (Å²) in [5, 5.41) is 15.4.